The summed E-state index contributed by atoms with van der Waals surface area (Å²) >= 11 is 0. The van der Waals surface area contributed by atoms with Crippen LogP contribution in [-0.4, -0.2) is 30.8 Å². The highest BCUT2D eigenvalue weighted by Gasteiger charge is 2.21. The van der Waals surface area contributed by atoms with Gasteiger partial charge in [0, 0.05) is 18.8 Å². The van der Waals surface area contributed by atoms with Gasteiger partial charge >= 0.3 is 0 Å². The van der Waals surface area contributed by atoms with Crippen molar-refractivity contribution in [2.45, 2.75) is 58.1 Å². The highest BCUT2D eigenvalue weighted by molar-refractivity contribution is 5.26. The summed E-state index contributed by atoms with van der Waals surface area (Å²) in [6, 6.07) is 2.40. The van der Waals surface area contributed by atoms with Gasteiger partial charge in [0.15, 0.2) is 0 Å². The highest BCUT2D eigenvalue weighted by Crippen LogP contribution is 2.26. The first-order valence-electron chi connectivity index (χ1n) is 8.26. The third-order valence-corrected chi connectivity index (χ3v) is 3.86. The number of hydrogen-bond acceptors (Lipinski definition) is 4. The molecule has 1 aliphatic heterocycles. The third kappa shape index (κ3) is 5.29. The van der Waals surface area contributed by atoms with E-state index in [1.807, 2.05) is 13.1 Å². The lowest BCUT2D eigenvalue weighted by Gasteiger charge is -2.28. The quantitative estimate of drug-likeness (QED) is 0.796. The Hall–Kier alpha value is -1.13. The van der Waals surface area contributed by atoms with Crippen LogP contribution in [0.4, 0.5) is 0 Å². The van der Waals surface area contributed by atoms with Crippen molar-refractivity contribution in [3.63, 3.8) is 0 Å². The van der Waals surface area contributed by atoms with Gasteiger partial charge in [0.05, 0.1) is 18.9 Å². The molecule has 0 bridgehead atoms. The lowest BCUT2D eigenvalue weighted by Crippen LogP contribution is -2.29. The first kappa shape index (κ1) is 16.2. The Balaban J connectivity index is 2.04. The summed E-state index contributed by atoms with van der Waals surface area (Å²) in [5, 5.41) is 3.63. The minimum Gasteiger partial charge on any atom is -0.492 e. The second kappa shape index (κ2) is 9.00. The Labute approximate surface area is 128 Å². The van der Waals surface area contributed by atoms with Crippen LogP contribution in [-0.2, 0) is 4.74 Å². The predicted molar refractivity (Wildman–Crippen MR) is 84.6 cm³/mol. The second-order valence-corrected chi connectivity index (χ2v) is 5.62. The maximum Gasteiger partial charge on any atom is 0.137 e. The molecule has 1 aromatic heterocycles. The molecule has 118 valence electrons. The lowest BCUT2D eigenvalue weighted by molar-refractivity contribution is 0.00501. The summed E-state index contributed by atoms with van der Waals surface area (Å²) < 4.78 is 11.5. The van der Waals surface area contributed by atoms with Crippen molar-refractivity contribution in [3.05, 3.63) is 24.0 Å². The number of aromatic nitrogens is 1. The molecular weight excluding hydrogens is 264 g/mol. The molecule has 4 heteroatoms. The Bertz CT molecular complexity index is 406. The molecule has 1 aromatic rings. The van der Waals surface area contributed by atoms with Gasteiger partial charge in [-0.2, -0.15) is 0 Å². The third-order valence-electron chi connectivity index (χ3n) is 3.86. The fraction of sp³-hybridized carbons (Fsp3) is 0.706. The van der Waals surface area contributed by atoms with Crippen LogP contribution < -0.4 is 10.1 Å². The molecule has 2 rings (SSSR count). The molecule has 0 aliphatic carbocycles. The van der Waals surface area contributed by atoms with Crippen LogP contribution in [0.2, 0.25) is 0 Å². The summed E-state index contributed by atoms with van der Waals surface area (Å²) in [7, 11) is 0. The molecule has 1 N–H and O–H groups in total. The van der Waals surface area contributed by atoms with Crippen molar-refractivity contribution < 1.29 is 9.47 Å². The van der Waals surface area contributed by atoms with Crippen LogP contribution in [0, 0.1) is 0 Å². The minimum atomic E-state index is 0.293. The monoisotopic (exact) mass is 292 g/mol. The average Bonchev–Trinajstić information content (AvgIpc) is 2.53. The van der Waals surface area contributed by atoms with E-state index in [9.17, 15) is 0 Å². The molecule has 2 atom stereocenters. The molecule has 0 amide bonds. The summed E-state index contributed by atoms with van der Waals surface area (Å²) in [6.07, 6.45) is 9.87. The summed E-state index contributed by atoms with van der Waals surface area (Å²) in [4.78, 5) is 4.32. The molecule has 0 aromatic carbocycles. The zero-order chi connectivity index (χ0) is 14.9. The maximum absolute atomic E-state index is 5.90. The minimum absolute atomic E-state index is 0.293. The molecule has 2 heterocycles. The molecule has 1 fully saturated rings. The summed E-state index contributed by atoms with van der Waals surface area (Å²) in [5.41, 5.74) is 1.20. The first-order valence-corrected chi connectivity index (χ1v) is 8.26. The fourth-order valence-electron chi connectivity index (χ4n) is 2.78. The van der Waals surface area contributed by atoms with E-state index in [4.69, 9.17) is 9.47 Å². The number of nitrogens with zero attached hydrogens (tertiary/aromatic N) is 1. The van der Waals surface area contributed by atoms with Crippen LogP contribution in [0.15, 0.2) is 18.5 Å². The maximum atomic E-state index is 5.90. The van der Waals surface area contributed by atoms with Crippen LogP contribution in [0.1, 0.15) is 57.6 Å². The van der Waals surface area contributed by atoms with Crippen molar-refractivity contribution in [1.82, 2.24) is 10.3 Å². The van der Waals surface area contributed by atoms with Crippen molar-refractivity contribution in [1.29, 1.82) is 0 Å². The van der Waals surface area contributed by atoms with Gasteiger partial charge < -0.3 is 14.8 Å². The number of nitrogens with one attached hydrogen (secondary N) is 1. The van der Waals surface area contributed by atoms with Crippen LogP contribution >= 0.6 is 0 Å². The van der Waals surface area contributed by atoms with Crippen LogP contribution in [0.5, 0.6) is 5.75 Å². The van der Waals surface area contributed by atoms with Gasteiger partial charge in [-0.25, -0.2) is 0 Å². The largest absolute Gasteiger partial charge is 0.492 e. The van der Waals surface area contributed by atoms with Crippen molar-refractivity contribution in [3.8, 4) is 5.75 Å². The topological polar surface area (TPSA) is 43.4 Å². The van der Waals surface area contributed by atoms with Crippen molar-refractivity contribution in [2.24, 2.45) is 0 Å². The van der Waals surface area contributed by atoms with Gasteiger partial charge in [-0.3, -0.25) is 4.98 Å². The standard InChI is InChI=1S/C17H28N2O2/c1-3-8-19-17(11-15-7-5-6-9-21-15)14-10-16(20-4-2)13-18-12-14/h10,12-13,15,17,19H,3-9,11H2,1-2H3. The van der Waals surface area contributed by atoms with E-state index in [-0.39, 0.29) is 0 Å². The molecule has 0 spiro atoms. The molecule has 0 saturated carbocycles. The van der Waals surface area contributed by atoms with E-state index in [1.165, 1.54) is 24.8 Å². The molecular formula is C17H28N2O2. The van der Waals surface area contributed by atoms with Gasteiger partial charge in [-0.15, -0.1) is 0 Å². The SMILES string of the molecule is CCCNC(CC1CCCCO1)c1cncc(OCC)c1. The normalized spacial score (nSPS) is 20.2. The van der Waals surface area contributed by atoms with E-state index in [1.54, 1.807) is 6.20 Å². The molecule has 4 nitrogen and oxygen atoms in total. The molecule has 1 aliphatic rings. The van der Waals surface area contributed by atoms with Gasteiger partial charge in [0.2, 0.25) is 0 Å². The van der Waals surface area contributed by atoms with E-state index >= 15 is 0 Å². The van der Waals surface area contributed by atoms with Crippen molar-refractivity contribution >= 4 is 0 Å². The number of rotatable bonds is 8. The van der Waals surface area contributed by atoms with Gasteiger partial charge in [0.1, 0.15) is 5.75 Å². The van der Waals surface area contributed by atoms with Gasteiger partial charge in [-0.05, 0) is 57.2 Å². The summed E-state index contributed by atoms with van der Waals surface area (Å²) in [6.45, 7) is 6.77. The predicted octanol–water partition coefficient (Wildman–Crippen LogP) is 3.48. The Kier molecular flexibility index (Phi) is 6.96. The zero-order valence-electron chi connectivity index (χ0n) is 13.3. The van der Waals surface area contributed by atoms with E-state index in [0.717, 1.165) is 31.7 Å². The number of hydrogen-bond donors (Lipinski definition) is 1. The first-order chi connectivity index (χ1) is 10.3. The smallest absolute Gasteiger partial charge is 0.137 e. The van der Waals surface area contributed by atoms with E-state index in [2.05, 4.69) is 23.3 Å². The van der Waals surface area contributed by atoms with Gasteiger partial charge in [-0.1, -0.05) is 6.92 Å². The number of ether oxygens (including phenoxy) is 2. The Morgan fingerprint density at radius 1 is 1.38 bits per heavy atom. The highest BCUT2D eigenvalue weighted by atomic mass is 16.5. The van der Waals surface area contributed by atoms with Gasteiger partial charge in [0.25, 0.3) is 0 Å². The Morgan fingerprint density at radius 2 is 2.29 bits per heavy atom. The molecule has 0 radical (unpaired) electrons. The zero-order valence-corrected chi connectivity index (χ0v) is 13.3. The van der Waals surface area contributed by atoms with Crippen LogP contribution in [0.25, 0.3) is 0 Å². The molecule has 1 saturated heterocycles. The summed E-state index contributed by atoms with van der Waals surface area (Å²) in [5.74, 6) is 0.850. The Morgan fingerprint density at radius 3 is 3.00 bits per heavy atom. The number of pyridine rings is 1. The average molecular weight is 292 g/mol. The second-order valence-electron chi connectivity index (χ2n) is 5.62. The van der Waals surface area contributed by atoms with E-state index < -0.39 is 0 Å². The van der Waals surface area contributed by atoms with E-state index in [0.29, 0.717) is 18.8 Å². The van der Waals surface area contributed by atoms with Crippen LogP contribution in [0.3, 0.4) is 0 Å². The lowest BCUT2D eigenvalue weighted by atomic mass is 9.97. The molecule has 2 unspecified atom stereocenters. The molecule has 21 heavy (non-hydrogen) atoms. The fourth-order valence-corrected chi connectivity index (χ4v) is 2.78. The van der Waals surface area contributed by atoms with Crippen molar-refractivity contribution in [2.75, 3.05) is 19.8 Å².